The standard InChI is InChI=1S/C11H21N5O/c1-8-5-9(2)7-11(6-8,10(12)17)14-3-4-15-16-13/h8-9,14H,3-7H2,1-2H3,(H2,12,17). The van der Waals surface area contributed by atoms with Crippen LogP contribution in [0.15, 0.2) is 5.11 Å². The lowest BCUT2D eigenvalue weighted by atomic mass is 9.71. The molecule has 1 aliphatic carbocycles. The van der Waals surface area contributed by atoms with E-state index in [9.17, 15) is 4.79 Å². The zero-order valence-electron chi connectivity index (χ0n) is 10.5. The molecule has 3 N–H and O–H groups in total. The molecule has 1 saturated carbocycles. The Morgan fingerprint density at radius 1 is 1.53 bits per heavy atom. The van der Waals surface area contributed by atoms with E-state index in [0.717, 1.165) is 19.3 Å². The van der Waals surface area contributed by atoms with Crippen molar-refractivity contribution in [3.05, 3.63) is 10.4 Å². The van der Waals surface area contributed by atoms with Crippen LogP contribution in [0.4, 0.5) is 0 Å². The first-order chi connectivity index (χ1) is 8.00. The Balaban J connectivity index is 2.67. The van der Waals surface area contributed by atoms with Gasteiger partial charge in [-0.15, -0.1) is 0 Å². The van der Waals surface area contributed by atoms with Crippen LogP contribution in [0.2, 0.25) is 0 Å². The largest absolute Gasteiger partial charge is 0.368 e. The number of rotatable bonds is 5. The highest BCUT2D eigenvalue weighted by molar-refractivity contribution is 5.84. The molecule has 2 unspecified atom stereocenters. The van der Waals surface area contributed by atoms with Gasteiger partial charge in [0.2, 0.25) is 5.91 Å². The lowest BCUT2D eigenvalue weighted by Crippen LogP contribution is -2.59. The fraction of sp³-hybridized carbons (Fsp3) is 0.909. The van der Waals surface area contributed by atoms with Gasteiger partial charge in [0, 0.05) is 18.0 Å². The van der Waals surface area contributed by atoms with E-state index in [0.29, 0.717) is 24.9 Å². The van der Waals surface area contributed by atoms with Crippen LogP contribution in [-0.4, -0.2) is 24.5 Å². The number of hydrogen-bond acceptors (Lipinski definition) is 3. The van der Waals surface area contributed by atoms with Gasteiger partial charge in [-0.05, 0) is 36.6 Å². The SMILES string of the molecule is CC1CC(C)CC(NCCN=[N+]=[N-])(C(N)=O)C1. The summed E-state index contributed by atoms with van der Waals surface area (Å²) in [4.78, 5) is 14.4. The van der Waals surface area contributed by atoms with E-state index in [1.807, 2.05) is 0 Å². The minimum Gasteiger partial charge on any atom is -0.368 e. The molecule has 0 saturated heterocycles. The number of carbonyl (C=O) groups excluding carboxylic acids is 1. The minimum atomic E-state index is -0.623. The lowest BCUT2D eigenvalue weighted by molar-refractivity contribution is -0.127. The molecule has 1 amide bonds. The smallest absolute Gasteiger partial charge is 0.237 e. The van der Waals surface area contributed by atoms with Crippen LogP contribution in [0, 0.1) is 11.8 Å². The first-order valence-electron chi connectivity index (χ1n) is 6.06. The third kappa shape index (κ3) is 3.61. The number of carbonyl (C=O) groups is 1. The molecule has 1 fully saturated rings. The molecule has 0 aromatic carbocycles. The Morgan fingerprint density at radius 3 is 2.59 bits per heavy atom. The highest BCUT2D eigenvalue weighted by Gasteiger charge is 2.42. The van der Waals surface area contributed by atoms with Crippen molar-refractivity contribution in [1.82, 2.24) is 5.32 Å². The number of primary amides is 1. The van der Waals surface area contributed by atoms with Gasteiger partial charge in [0.25, 0.3) is 0 Å². The predicted octanol–water partition coefficient (Wildman–Crippen LogP) is 1.57. The number of nitrogens with one attached hydrogen (secondary N) is 1. The van der Waals surface area contributed by atoms with E-state index >= 15 is 0 Å². The Kier molecular flexibility index (Phi) is 4.78. The fourth-order valence-electron chi connectivity index (χ4n) is 2.95. The summed E-state index contributed by atoms with van der Waals surface area (Å²) in [5, 5.41) is 6.64. The normalized spacial score (nSPS) is 32.8. The van der Waals surface area contributed by atoms with Gasteiger partial charge in [0.05, 0.1) is 5.54 Å². The maximum atomic E-state index is 11.7. The van der Waals surface area contributed by atoms with Crippen molar-refractivity contribution in [1.29, 1.82) is 0 Å². The molecule has 0 heterocycles. The first kappa shape index (κ1) is 13.8. The van der Waals surface area contributed by atoms with Crippen molar-refractivity contribution in [3.63, 3.8) is 0 Å². The summed E-state index contributed by atoms with van der Waals surface area (Å²) in [5.74, 6) is 0.674. The Morgan fingerprint density at radius 2 is 2.12 bits per heavy atom. The molecule has 0 spiro atoms. The quantitative estimate of drug-likeness (QED) is 0.329. The Hall–Kier alpha value is -1.26. The molecule has 96 valence electrons. The van der Waals surface area contributed by atoms with Gasteiger partial charge in [0.15, 0.2) is 0 Å². The molecule has 1 rings (SSSR count). The van der Waals surface area contributed by atoms with E-state index < -0.39 is 5.54 Å². The molecule has 6 heteroatoms. The predicted molar refractivity (Wildman–Crippen MR) is 66.1 cm³/mol. The van der Waals surface area contributed by atoms with Gasteiger partial charge >= 0.3 is 0 Å². The Bertz CT molecular complexity index is 314. The van der Waals surface area contributed by atoms with Crippen molar-refractivity contribution in [2.45, 2.75) is 38.6 Å². The van der Waals surface area contributed by atoms with Crippen LogP contribution in [0.5, 0.6) is 0 Å². The molecular weight excluding hydrogens is 218 g/mol. The van der Waals surface area contributed by atoms with Gasteiger partial charge < -0.3 is 11.1 Å². The molecule has 0 aromatic rings. The molecular formula is C11H21N5O. The summed E-state index contributed by atoms with van der Waals surface area (Å²) in [6.07, 6.45) is 2.67. The van der Waals surface area contributed by atoms with Gasteiger partial charge in [0.1, 0.15) is 0 Å². The third-order valence-electron chi connectivity index (χ3n) is 3.41. The number of nitrogens with two attached hydrogens (primary N) is 1. The van der Waals surface area contributed by atoms with E-state index in [1.165, 1.54) is 0 Å². The fourth-order valence-corrected chi connectivity index (χ4v) is 2.95. The van der Waals surface area contributed by atoms with Gasteiger partial charge in [-0.25, -0.2) is 0 Å². The highest BCUT2D eigenvalue weighted by atomic mass is 16.1. The average Bonchev–Trinajstić information content (AvgIpc) is 2.23. The molecule has 0 aliphatic heterocycles. The van der Waals surface area contributed by atoms with Gasteiger partial charge in [-0.2, -0.15) is 0 Å². The van der Waals surface area contributed by atoms with E-state index in [4.69, 9.17) is 11.3 Å². The maximum absolute atomic E-state index is 11.7. The van der Waals surface area contributed by atoms with Crippen LogP contribution in [0.25, 0.3) is 10.4 Å². The van der Waals surface area contributed by atoms with Gasteiger partial charge in [-0.3, -0.25) is 4.79 Å². The molecule has 0 radical (unpaired) electrons. The van der Waals surface area contributed by atoms with Crippen molar-refractivity contribution in [3.8, 4) is 0 Å². The zero-order chi connectivity index (χ0) is 12.9. The van der Waals surface area contributed by atoms with Crippen LogP contribution >= 0.6 is 0 Å². The molecule has 1 aliphatic rings. The third-order valence-corrected chi connectivity index (χ3v) is 3.41. The molecule has 6 nitrogen and oxygen atoms in total. The molecule has 0 bridgehead atoms. The van der Waals surface area contributed by atoms with Crippen molar-refractivity contribution in [2.24, 2.45) is 22.7 Å². The zero-order valence-corrected chi connectivity index (χ0v) is 10.5. The maximum Gasteiger partial charge on any atom is 0.237 e. The second kappa shape index (κ2) is 5.89. The van der Waals surface area contributed by atoms with Crippen LogP contribution in [-0.2, 0) is 4.79 Å². The monoisotopic (exact) mass is 239 g/mol. The molecule has 2 atom stereocenters. The van der Waals surface area contributed by atoms with E-state index in [1.54, 1.807) is 0 Å². The second-order valence-electron chi connectivity index (χ2n) is 5.18. The first-order valence-corrected chi connectivity index (χ1v) is 6.06. The summed E-state index contributed by atoms with van der Waals surface area (Å²) in [6.45, 7) is 5.12. The van der Waals surface area contributed by atoms with Crippen molar-refractivity contribution in [2.75, 3.05) is 13.1 Å². The van der Waals surface area contributed by atoms with E-state index in [-0.39, 0.29) is 5.91 Å². The highest BCUT2D eigenvalue weighted by Crippen LogP contribution is 2.35. The summed E-state index contributed by atoms with van der Waals surface area (Å²) in [5.41, 5.74) is 13.1. The van der Waals surface area contributed by atoms with Gasteiger partial charge in [-0.1, -0.05) is 19.0 Å². The van der Waals surface area contributed by atoms with Crippen molar-refractivity contribution >= 4 is 5.91 Å². The van der Waals surface area contributed by atoms with Crippen LogP contribution in [0.3, 0.4) is 0 Å². The number of azide groups is 1. The minimum absolute atomic E-state index is 0.295. The van der Waals surface area contributed by atoms with E-state index in [2.05, 4.69) is 29.2 Å². The second-order valence-corrected chi connectivity index (χ2v) is 5.18. The number of nitrogens with zero attached hydrogens (tertiary/aromatic N) is 3. The van der Waals surface area contributed by atoms with Crippen LogP contribution < -0.4 is 11.1 Å². The van der Waals surface area contributed by atoms with Crippen molar-refractivity contribution < 1.29 is 4.79 Å². The number of hydrogen-bond donors (Lipinski definition) is 2. The lowest BCUT2D eigenvalue weighted by Gasteiger charge is -2.41. The summed E-state index contributed by atoms with van der Waals surface area (Å²) < 4.78 is 0. The number of amides is 1. The molecule has 0 aromatic heterocycles. The van der Waals surface area contributed by atoms with Crippen LogP contribution in [0.1, 0.15) is 33.1 Å². The Labute approximate surface area is 102 Å². The topological polar surface area (TPSA) is 104 Å². The summed E-state index contributed by atoms with van der Waals surface area (Å²) >= 11 is 0. The summed E-state index contributed by atoms with van der Waals surface area (Å²) in [7, 11) is 0. The average molecular weight is 239 g/mol. The summed E-state index contributed by atoms with van der Waals surface area (Å²) in [6, 6.07) is 0. The molecule has 17 heavy (non-hydrogen) atoms.